The summed E-state index contributed by atoms with van der Waals surface area (Å²) in [5.41, 5.74) is 0.601. The molecule has 1 aliphatic rings. The zero-order valence-electron chi connectivity index (χ0n) is 11.0. The summed E-state index contributed by atoms with van der Waals surface area (Å²) >= 11 is 0. The maximum Gasteiger partial charge on any atom is 0.338 e. The minimum absolute atomic E-state index is 0.0775. The van der Waals surface area contributed by atoms with Gasteiger partial charge in [0.15, 0.2) is 0 Å². The van der Waals surface area contributed by atoms with Gasteiger partial charge < -0.3 is 14.8 Å². The Balaban J connectivity index is 2.10. The molecule has 1 aromatic carbocycles. The molecule has 6 heteroatoms. The summed E-state index contributed by atoms with van der Waals surface area (Å²) in [7, 11) is 0. The first-order chi connectivity index (χ1) is 9.60. The van der Waals surface area contributed by atoms with E-state index in [4.69, 9.17) is 9.84 Å². The standard InChI is InChI=1S/C14H15FN2O3/c1-2-11-8(3-4-20-11)13-16-10-6-7(15)5-9(14(18)19)12(10)17-13/h5-6,8,11H,2-4H2,1H3,(H,16,17)(H,18,19). The van der Waals surface area contributed by atoms with Crippen molar-refractivity contribution in [2.75, 3.05) is 6.61 Å². The van der Waals surface area contributed by atoms with E-state index in [9.17, 15) is 9.18 Å². The lowest BCUT2D eigenvalue weighted by atomic mass is 9.99. The van der Waals surface area contributed by atoms with Gasteiger partial charge in [0, 0.05) is 12.5 Å². The van der Waals surface area contributed by atoms with E-state index in [-0.39, 0.29) is 17.6 Å². The van der Waals surface area contributed by atoms with Crippen molar-refractivity contribution in [3.8, 4) is 0 Å². The molecule has 2 unspecified atom stereocenters. The van der Waals surface area contributed by atoms with Crippen LogP contribution in [0.1, 0.15) is 41.9 Å². The van der Waals surface area contributed by atoms with Crippen LogP contribution < -0.4 is 0 Å². The van der Waals surface area contributed by atoms with Crippen molar-refractivity contribution in [3.63, 3.8) is 0 Å². The SMILES string of the molecule is CCC1OCCC1c1nc2c(C(=O)O)cc(F)cc2[nH]1. The quantitative estimate of drug-likeness (QED) is 0.905. The second-order valence-corrected chi connectivity index (χ2v) is 4.99. The van der Waals surface area contributed by atoms with Crippen molar-refractivity contribution in [1.82, 2.24) is 9.97 Å². The molecule has 1 aromatic heterocycles. The average Bonchev–Trinajstić information content (AvgIpc) is 3.02. The molecule has 5 nitrogen and oxygen atoms in total. The number of aromatic nitrogens is 2. The van der Waals surface area contributed by atoms with Gasteiger partial charge in [-0.05, 0) is 25.0 Å². The minimum atomic E-state index is -1.18. The smallest absolute Gasteiger partial charge is 0.338 e. The summed E-state index contributed by atoms with van der Waals surface area (Å²) in [4.78, 5) is 18.6. The number of nitrogens with one attached hydrogen (secondary N) is 1. The van der Waals surface area contributed by atoms with E-state index in [0.29, 0.717) is 23.5 Å². The van der Waals surface area contributed by atoms with Gasteiger partial charge in [0.2, 0.25) is 0 Å². The van der Waals surface area contributed by atoms with Crippen LogP contribution in [0.2, 0.25) is 0 Å². The number of hydrogen-bond donors (Lipinski definition) is 2. The van der Waals surface area contributed by atoms with Gasteiger partial charge in [0.1, 0.15) is 17.2 Å². The Bertz CT molecular complexity index is 668. The molecule has 0 bridgehead atoms. The number of rotatable bonds is 3. The highest BCUT2D eigenvalue weighted by Crippen LogP contribution is 2.33. The third-order valence-electron chi connectivity index (χ3n) is 3.76. The van der Waals surface area contributed by atoms with Crippen molar-refractivity contribution in [3.05, 3.63) is 29.3 Å². The predicted molar refractivity (Wildman–Crippen MR) is 70.4 cm³/mol. The molecular formula is C14H15FN2O3. The molecule has 0 radical (unpaired) electrons. The Morgan fingerprint density at radius 3 is 3.10 bits per heavy atom. The Morgan fingerprint density at radius 2 is 2.40 bits per heavy atom. The Kier molecular flexibility index (Phi) is 3.17. The number of H-pyrrole nitrogens is 1. The molecule has 106 valence electrons. The summed E-state index contributed by atoms with van der Waals surface area (Å²) in [6.07, 6.45) is 1.78. The van der Waals surface area contributed by atoms with E-state index in [2.05, 4.69) is 9.97 Å². The number of aromatic carboxylic acids is 1. The Labute approximate surface area is 114 Å². The van der Waals surface area contributed by atoms with Gasteiger partial charge in [-0.25, -0.2) is 14.2 Å². The molecule has 3 rings (SSSR count). The number of carboxylic acid groups (broad SMARTS) is 1. The lowest BCUT2D eigenvalue weighted by Gasteiger charge is -2.13. The van der Waals surface area contributed by atoms with Crippen LogP contribution in [0.5, 0.6) is 0 Å². The number of imidazole rings is 1. The zero-order valence-corrected chi connectivity index (χ0v) is 11.0. The molecule has 2 atom stereocenters. The monoisotopic (exact) mass is 278 g/mol. The fraction of sp³-hybridized carbons (Fsp3) is 0.429. The number of hydrogen-bond acceptors (Lipinski definition) is 3. The van der Waals surface area contributed by atoms with Crippen molar-refractivity contribution in [1.29, 1.82) is 0 Å². The molecule has 1 fully saturated rings. The van der Waals surface area contributed by atoms with E-state index in [1.54, 1.807) is 0 Å². The van der Waals surface area contributed by atoms with Crippen LogP contribution in [-0.2, 0) is 4.74 Å². The third kappa shape index (κ3) is 2.06. The molecule has 1 saturated heterocycles. The van der Waals surface area contributed by atoms with E-state index in [1.807, 2.05) is 6.92 Å². The Hall–Kier alpha value is -1.95. The molecule has 2 heterocycles. The van der Waals surface area contributed by atoms with Crippen LogP contribution in [-0.4, -0.2) is 33.8 Å². The number of benzene rings is 1. The largest absolute Gasteiger partial charge is 0.478 e. The summed E-state index contributed by atoms with van der Waals surface area (Å²) < 4.78 is 19.1. The van der Waals surface area contributed by atoms with Gasteiger partial charge in [0.05, 0.1) is 17.2 Å². The van der Waals surface area contributed by atoms with Crippen molar-refractivity contribution >= 4 is 17.0 Å². The maximum absolute atomic E-state index is 13.5. The number of carboxylic acids is 1. The van der Waals surface area contributed by atoms with Crippen LogP contribution in [0.25, 0.3) is 11.0 Å². The van der Waals surface area contributed by atoms with Gasteiger partial charge in [-0.1, -0.05) is 6.92 Å². The highest BCUT2D eigenvalue weighted by atomic mass is 19.1. The summed E-state index contributed by atoms with van der Waals surface area (Å²) in [5, 5.41) is 9.13. The van der Waals surface area contributed by atoms with Crippen LogP contribution in [0.4, 0.5) is 4.39 Å². The summed E-state index contributed by atoms with van der Waals surface area (Å²) in [5.74, 6) is -0.975. The first kappa shape index (κ1) is 13.1. The van der Waals surface area contributed by atoms with Crippen molar-refractivity contribution in [2.45, 2.75) is 31.8 Å². The summed E-state index contributed by atoms with van der Waals surface area (Å²) in [6.45, 7) is 2.70. The number of nitrogens with zero attached hydrogens (tertiary/aromatic N) is 1. The second kappa shape index (κ2) is 4.86. The van der Waals surface area contributed by atoms with E-state index < -0.39 is 11.8 Å². The third-order valence-corrected chi connectivity index (χ3v) is 3.76. The predicted octanol–water partition coefficient (Wildman–Crippen LogP) is 2.68. The van der Waals surface area contributed by atoms with Crippen molar-refractivity contribution < 1.29 is 19.0 Å². The number of fused-ring (bicyclic) bond motifs is 1. The van der Waals surface area contributed by atoms with Crippen LogP contribution >= 0.6 is 0 Å². The summed E-state index contributed by atoms with van der Waals surface area (Å²) in [6, 6.07) is 2.27. The van der Waals surface area contributed by atoms with Gasteiger partial charge >= 0.3 is 5.97 Å². The number of carbonyl (C=O) groups is 1. The highest BCUT2D eigenvalue weighted by molar-refractivity contribution is 6.01. The van der Waals surface area contributed by atoms with Crippen LogP contribution in [0, 0.1) is 5.82 Å². The van der Waals surface area contributed by atoms with Gasteiger partial charge in [-0.3, -0.25) is 0 Å². The van der Waals surface area contributed by atoms with E-state index in [1.165, 1.54) is 6.07 Å². The normalized spacial score (nSPS) is 22.5. The molecule has 2 N–H and O–H groups in total. The van der Waals surface area contributed by atoms with E-state index in [0.717, 1.165) is 18.9 Å². The molecule has 0 saturated carbocycles. The molecular weight excluding hydrogens is 263 g/mol. The van der Waals surface area contributed by atoms with Gasteiger partial charge in [-0.2, -0.15) is 0 Å². The highest BCUT2D eigenvalue weighted by Gasteiger charge is 2.31. The van der Waals surface area contributed by atoms with Crippen LogP contribution in [0.3, 0.4) is 0 Å². The van der Waals surface area contributed by atoms with Gasteiger partial charge in [0.25, 0.3) is 0 Å². The average molecular weight is 278 g/mol. The fourth-order valence-electron chi connectivity index (χ4n) is 2.80. The maximum atomic E-state index is 13.5. The first-order valence-electron chi connectivity index (χ1n) is 6.64. The first-order valence-corrected chi connectivity index (χ1v) is 6.64. The number of ether oxygens (including phenoxy) is 1. The lowest BCUT2D eigenvalue weighted by Crippen LogP contribution is -2.14. The number of halogens is 1. The fourth-order valence-corrected chi connectivity index (χ4v) is 2.80. The zero-order chi connectivity index (χ0) is 14.3. The van der Waals surface area contributed by atoms with Crippen LogP contribution in [0.15, 0.2) is 12.1 Å². The second-order valence-electron chi connectivity index (χ2n) is 4.99. The van der Waals surface area contributed by atoms with Gasteiger partial charge in [-0.15, -0.1) is 0 Å². The molecule has 2 aromatic rings. The number of aromatic amines is 1. The minimum Gasteiger partial charge on any atom is -0.478 e. The molecule has 20 heavy (non-hydrogen) atoms. The molecule has 0 amide bonds. The molecule has 0 aliphatic carbocycles. The molecule has 0 spiro atoms. The molecule has 1 aliphatic heterocycles. The van der Waals surface area contributed by atoms with Crippen molar-refractivity contribution in [2.24, 2.45) is 0 Å². The Morgan fingerprint density at radius 1 is 1.60 bits per heavy atom. The topological polar surface area (TPSA) is 75.2 Å². The van der Waals surface area contributed by atoms with E-state index >= 15 is 0 Å². The lowest BCUT2D eigenvalue weighted by molar-refractivity contribution is 0.0698.